The van der Waals surface area contributed by atoms with Gasteiger partial charge in [0.15, 0.2) is 0 Å². The molecule has 1 aliphatic rings. The van der Waals surface area contributed by atoms with Crippen LogP contribution in [-0.2, 0) is 11.2 Å². The Bertz CT molecular complexity index is 479. The van der Waals surface area contributed by atoms with E-state index in [4.69, 9.17) is 5.11 Å². The van der Waals surface area contributed by atoms with Gasteiger partial charge in [-0.2, -0.15) is 0 Å². The summed E-state index contributed by atoms with van der Waals surface area (Å²) in [5, 5.41) is 9.10. The summed E-state index contributed by atoms with van der Waals surface area (Å²) in [7, 11) is 0. The van der Waals surface area contributed by atoms with Crippen molar-refractivity contribution in [2.45, 2.75) is 51.4 Å². The van der Waals surface area contributed by atoms with Gasteiger partial charge in [0.25, 0.3) is 0 Å². The van der Waals surface area contributed by atoms with Gasteiger partial charge in [0.1, 0.15) is 11.6 Å². The molecule has 0 spiro atoms. The highest BCUT2D eigenvalue weighted by Gasteiger charge is 2.34. The van der Waals surface area contributed by atoms with Crippen LogP contribution in [0.2, 0.25) is 0 Å². The molecule has 0 radical (unpaired) electrons. The molecule has 0 aromatic heterocycles. The van der Waals surface area contributed by atoms with E-state index in [-0.39, 0.29) is 11.8 Å². The summed E-state index contributed by atoms with van der Waals surface area (Å²) >= 11 is 0. The first-order valence-electron chi connectivity index (χ1n) is 7.17. The maximum Gasteiger partial charge on any atom is 0.303 e. The molecule has 1 aromatic rings. The maximum absolute atomic E-state index is 13.6. The van der Waals surface area contributed by atoms with E-state index in [9.17, 15) is 13.6 Å². The molecule has 0 saturated heterocycles. The first-order chi connectivity index (χ1) is 9.51. The molecule has 0 aliphatic heterocycles. The number of aliphatic carboxylic acids is 1. The van der Waals surface area contributed by atoms with Crippen molar-refractivity contribution in [2.24, 2.45) is 5.41 Å². The van der Waals surface area contributed by atoms with Crippen molar-refractivity contribution in [1.29, 1.82) is 0 Å². The Balaban J connectivity index is 2.06. The lowest BCUT2D eigenvalue weighted by Gasteiger charge is -2.36. The van der Waals surface area contributed by atoms with Gasteiger partial charge < -0.3 is 5.11 Å². The Labute approximate surface area is 117 Å². The van der Waals surface area contributed by atoms with E-state index in [2.05, 4.69) is 0 Å². The largest absolute Gasteiger partial charge is 0.481 e. The lowest BCUT2D eigenvalue weighted by Crippen LogP contribution is -2.28. The Morgan fingerprint density at radius 1 is 1.20 bits per heavy atom. The molecule has 0 amide bonds. The molecule has 1 fully saturated rings. The molecule has 0 bridgehead atoms. The second kappa shape index (κ2) is 6.33. The molecule has 1 aromatic carbocycles. The van der Waals surface area contributed by atoms with Crippen LogP contribution in [0.1, 0.15) is 50.5 Å². The molecule has 20 heavy (non-hydrogen) atoms. The normalized spacial score (nSPS) is 17.9. The Hall–Kier alpha value is -1.45. The van der Waals surface area contributed by atoms with Crippen LogP contribution in [0.15, 0.2) is 18.2 Å². The molecule has 4 heteroatoms. The van der Waals surface area contributed by atoms with Crippen LogP contribution < -0.4 is 0 Å². The fourth-order valence-corrected chi connectivity index (χ4v) is 3.26. The van der Waals surface area contributed by atoms with E-state index in [1.165, 1.54) is 12.1 Å². The Morgan fingerprint density at radius 2 is 1.90 bits per heavy atom. The standard InChI is InChI=1S/C16H20F2O2/c17-13-5-4-12(14(18)10-13)6-9-16(11-15(19)20)7-2-1-3-8-16/h4-5,10H,1-3,6-9,11H2,(H,19,20). The molecule has 0 atom stereocenters. The summed E-state index contributed by atoms with van der Waals surface area (Å²) in [5.41, 5.74) is 0.256. The number of carboxylic acids is 1. The van der Waals surface area contributed by atoms with Gasteiger partial charge in [-0.05, 0) is 42.7 Å². The van der Waals surface area contributed by atoms with Crippen LogP contribution in [-0.4, -0.2) is 11.1 Å². The van der Waals surface area contributed by atoms with Crippen molar-refractivity contribution >= 4 is 5.97 Å². The second-order valence-corrected chi connectivity index (χ2v) is 5.87. The summed E-state index contributed by atoms with van der Waals surface area (Å²) in [4.78, 5) is 11.1. The minimum absolute atomic E-state index is 0.149. The lowest BCUT2D eigenvalue weighted by atomic mass is 9.68. The summed E-state index contributed by atoms with van der Waals surface area (Å²) in [5.74, 6) is -1.90. The van der Waals surface area contributed by atoms with Gasteiger partial charge in [0, 0.05) is 6.07 Å². The van der Waals surface area contributed by atoms with E-state index < -0.39 is 17.6 Å². The van der Waals surface area contributed by atoms with Gasteiger partial charge in [-0.15, -0.1) is 0 Å². The Kier molecular flexibility index (Phi) is 4.73. The van der Waals surface area contributed by atoms with Crippen LogP contribution in [0.25, 0.3) is 0 Å². The summed E-state index contributed by atoms with van der Waals surface area (Å²) in [6.07, 6.45) is 6.28. The third kappa shape index (κ3) is 3.78. The van der Waals surface area contributed by atoms with Crippen LogP contribution in [0.3, 0.4) is 0 Å². The lowest BCUT2D eigenvalue weighted by molar-refractivity contribution is -0.140. The number of rotatable bonds is 5. The molecule has 0 unspecified atom stereocenters. The average molecular weight is 282 g/mol. The molecule has 2 rings (SSSR count). The third-order valence-electron chi connectivity index (χ3n) is 4.38. The van der Waals surface area contributed by atoms with Crippen LogP contribution in [0.4, 0.5) is 8.78 Å². The number of benzene rings is 1. The average Bonchev–Trinajstić information content (AvgIpc) is 2.38. The Morgan fingerprint density at radius 3 is 2.50 bits per heavy atom. The fraction of sp³-hybridized carbons (Fsp3) is 0.562. The van der Waals surface area contributed by atoms with E-state index in [0.717, 1.165) is 38.2 Å². The first-order valence-corrected chi connectivity index (χ1v) is 7.17. The summed E-state index contributed by atoms with van der Waals surface area (Å²) < 4.78 is 26.5. The maximum atomic E-state index is 13.6. The highest BCUT2D eigenvalue weighted by atomic mass is 19.1. The summed E-state index contributed by atoms with van der Waals surface area (Å²) in [6.45, 7) is 0. The third-order valence-corrected chi connectivity index (χ3v) is 4.38. The molecule has 1 saturated carbocycles. The van der Waals surface area contributed by atoms with Gasteiger partial charge in [-0.1, -0.05) is 25.3 Å². The van der Waals surface area contributed by atoms with Crippen molar-refractivity contribution in [3.8, 4) is 0 Å². The molecular formula is C16H20F2O2. The summed E-state index contributed by atoms with van der Waals surface area (Å²) in [6, 6.07) is 3.60. The highest BCUT2D eigenvalue weighted by molar-refractivity contribution is 5.67. The molecule has 110 valence electrons. The first kappa shape index (κ1) is 14.9. The van der Waals surface area contributed by atoms with Crippen molar-refractivity contribution in [3.63, 3.8) is 0 Å². The molecule has 1 aliphatic carbocycles. The predicted octanol–water partition coefficient (Wildman–Crippen LogP) is 4.32. The predicted molar refractivity (Wildman–Crippen MR) is 72.4 cm³/mol. The van der Waals surface area contributed by atoms with Crippen LogP contribution in [0, 0.1) is 17.0 Å². The van der Waals surface area contributed by atoms with E-state index >= 15 is 0 Å². The number of aryl methyl sites for hydroxylation is 1. The van der Waals surface area contributed by atoms with Gasteiger partial charge in [0.05, 0.1) is 6.42 Å². The minimum atomic E-state index is -0.786. The second-order valence-electron chi connectivity index (χ2n) is 5.87. The zero-order chi connectivity index (χ0) is 14.6. The highest BCUT2D eigenvalue weighted by Crippen LogP contribution is 2.43. The van der Waals surface area contributed by atoms with E-state index in [1.807, 2.05) is 0 Å². The van der Waals surface area contributed by atoms with Crippen molar-refractivity contribution in [2.75, 3.05) is 0 Å². The van der Waals surface area contributed by atoms with Crippen molar-refractivity contribution in [1.82, 2.24) is 0 Å². The minimum Gasteiger partial charge on any atom is -0.481 e. The van der Waals surface area contributed by atoms with Gasteiger partial charge >= 0.3 is 5.97 Å². The smallest absolute Gasteiger partial charge is 0.303 e. The van der Waals surface area contributed by atoms with Gasteiger partial charge in [-0.25, -0.2) is 8.78 Å². The number of carbonyl (C=O) groups is 1. The monoisotopic (exact) mass is 282 g/mol. The number of hydrogen-bond donors (Lipinski definition) is 1. The number of halogens is 2. The molecule has 2 nitrogen and oxygen atoms in total. The van der Waals surface area contributed by atoms with Crippen molar-refractivity contribution < 1.29 is 18.7 Å². The topological polar surface area (TPSA) is 37.3 Å². The van der Waals surface area contributed by atoms with Crippen molar-refractivity contribution in [3.05, 3.63) is 35.4 Å². The van der Waals surface area contributed by atoms with Gasteiger partial charge in [0.2, 0.25) is 0 Å². The van der Waals surface area contributed by atoms with Crippen LogP contribution in [0.5, 0.6) is 0 Å². The molecular weight excluding hydrogens is 262 g/mol. The molecule has 0 heterocycles. The number of carboxylic acid groups (broad SMARTS) is 1. The van der Waals surface area contributed by atoms with Gasteiger partial charge in [-0.3, -0.25) is 4.79 Å². The van der Waals surface area contributed by atoms with E-state index in [1.54, 1.807) is 0 Å². The van der Waals surface area contributed by atoms with E-state index in [0.29, 0.717) is 18.4 Å². The number of hydrogen-bond acceptors (Lipinski definition) is 1. The molecule has 1 N–H and O–H groups in total. The zero-order valence-electron chi connectivity index (χ0n) is 11.5. The quantitative estimate of drug-likeness (QED) is 0.873. The zero-order valence-corrected chi connectivity index (χ0v) is 11.5. The SMILES string of the molecule is O=C(O)CC1(CCc2ccc(F)cc2F)CCCCC1. The fourth-order valence-electron chi connectivity index (χ4n) is 3.26. The van der Waals surface area contributed by atoms with Crippen LogP contribution >= 0.6 is 0 Å².